The zero-order valence-electron chi connectivity index (χ0n) is 9.39. The van der Waals surface area contributed by atoms with E-state index < -0.39 is 12.1 Å². The molecule has 0 bridgehead atoms. The summed E-state index contributed by atoms with van der Waals surface area (Å²) in [5.41, 5.74) is 1.38. The highest BCUT2D eigenvalue weighted by Gasteiger charge is 2.38. The number of benzene rings is 1. The van der Waals surface area contributed by atoms with Crippen molar-refractivity contribution >= 4 is 5.91 Å². The summed E-state index contributed by atoms with van der Waals surface area (Å²) < 4.78 is 40.8. The summed E-state index contributed by atoms with van der Waals surface area (Å²) in [7, 11) is 1.51. The van der Waals surface area contributed by atoms with Crippen molar-refractivity contribution in [1.82, 2.24) is 5.32 Å². The molecule has 0 saturated carbocycles. The van der Waals surface area contributed by atoms with Crippen molar-refractivity contribution in [3.63, 3.8) is 0 Å². The molecular formula is C11H12F3NO2. The van der Waals surface area contributed by atoms with E-state index in [9.17, 15) is 18.0 Å². The molecule has 1 aromatic carbocycles. The lowest BCUT2D eigenvalue weighted by atomic mass is 10.1. The predicted molar refractivity (Wildman–Crippen MR) is 55.6 cm³/mol. The number of carbonyl (C=O) groups excluding carboxylic acids is 1. The highest BCUT2D eigenvalue weighted by molar-refractivity contribution is 5.81. The number of methoxy groups -OCH3 is 1. The molecule has 1 N–H and O–H groups in total. The van der Waals surface area contributed by atoms with Crippen LogP contribution in [0, 0.1) is 6.92 Å². The summed E-state index contributed by atoms with van der Waals surface area (Å²) in [6, 6.07) is 4.91. The van der Waals surface area contributed by atoms with Gasteiger partial charge in [-0.15, -0.1) is 0 Å². The zero-order chi connectivity index (χ0) is 13.1. The maximum atomic E-state index is 11.9. The van der Waals surface area contributed by atoms with Crippen LogP contribution in [0.3, 0.4) is 0 Å². The number of hydrogen-bond acceptors (Lipinski definition) is 2. The first-order valence-corrected chi connectivity index (χ1v) is 4.83. The first-order valence-electron chi connectivity index (χ1n) is 4.83. The zero-order valence-corrected chi connectivity index (χ0v) is 9.39. The van der Waals surface area contributed by atoms with Gasteiger partial charge in [-0.25, -0.2) is 0 Å². The largest absolute Gasteiger partial charge is 0.496 e. The van der Waals surface area contributed by atoms with Crippen LogP contribution in [0.25, 0.3) is 0 Å². The summed E-state index contributed by atoms with van der Waals surface area (Å²) in [6.07, 6.45) is -4.85. The molecule has 0 heterocycles. The van der Waals surface area contributed by atoms with Crippen LogP contribution >= 0.6 is 0 Å². The van der Waals surface area contributed by atoms with Crippen LogP contribution in [0.1, 0.15) is 11.1 Å². The molecule has 0 aliphatic carbocycles. The number of hydrogen-bond donors (Lipinski definition) is 1. The number of carbonyl (C=O) groups is 1. The number of halogens is 3. The number of ether oxygens (including phenoxy) is 1. The van der Waals surface area contributed by atoms with Crippen LogP contribution in [0.4, 0.5) is 13.2 Å². The highest BCUT2D eigenvalue weighted by Crippen LogP contribution is 2.19. The minimum Gasteiger partial charge on any atom is -0.496 e. The van der Waals surface area contributed by atoms with Gasteiger partial charge in [0.2, 0.25) is 0 Å². The summed E-state index contributed by atoms with van der Waals surface area (Å²) in [6.45, 7) is 1.61. The van der Waals surface area contributed by atoms with Gasteiger partial charge in [0.15, 0.2) is 0 Å². The Morgan fingerprint density at radius 1 is 1.41 bits per heavy atom. The Bertz CT molecular complexity index is 416. The van der Waals surface area contributed by atoms with E-state index in [-0.39, 0.29) is 6.54 Å². The minimum absolute atomic E-state index is 0.164. The fourth-order valence-electron chi connectivity index (χ4n) is 1.33. The maximum absolute atomic E-state index is 11.9. The third-order valence-electron chi connectivity index (χ3n) is 2.17. The van der Waals surface area contributed by atoms with E-state index >= 15 is 0 Å². The monoisotopic (exact) mass is 247 g/mol. The lowest BCUT2D eigenvalue weighted by molar-refractivity contribution is -0.173. The summed E-state index contributed by atoms with van der Waals surface area (Å²) >= 11 is 0. The van der Waals surface area contributed by atoms with Crippen molar-refractivity contribution in [2.45, 2.75) is 19.6 Å². The average molecular weight is 247 g/mol. The molecule has 3 nitrogen and oxygen atoms in total. The van der Waals surface area contributed by atoms with Crippen LogP contribution in [0.2, 0.25) is 0 Å². The standard InChI is InChI=1S/C11H12F3NO2/c1-7-5-8(3-4-9(7)17-2)6-15-10(16)11(12,13)14/h3-5H,6H2,1-2H3,(H,15,16). The van der Waals surface area contributed by atoms with Crippen molar-refractivity contribution < 1.29 is 22.7 Å². The Hall–Kier alpha value is -1.72. The van der Waals surface area contributed by atoms with E-state index in [0.717, 1.165) is 5.56 Å². The quantitative estimate of drug-likeness (QED) is 0.889. The SMILES string of the molecule is COc1ccc(CNC(=O)C(F)(F)F)cc1C. The third kappa shape index (κ3) is 3.65. The van der Waals surface area contributed by atoms with Gasteiger partial charge in [-0.3, -0.25) is 4.79 Å². The average Bonchev–Trinajstić information content (AvgIpc) is 2.24. The molecule has 0 fully saturated rings. The molecule has 0 spiro atoms. The van der Waals surface area contributed by atoms with E-state index in [1.54, 1.807) is 30.4 Å². The summed E-state index contributed by atoms with van der Waals surface area (Å²) in [5, 5.41) is 1.80. The molecule has 1 rings (SSSR count). The Balaban J connectivity index is 2.65. The van der Waals surface area contributed by atoms with Crippen molar-refractivity contribution in [3.8, 4) is 5.75 Å². The normalized spacial score (nSPS) is 11.1. The summed E-state index contributed by atoms with van der Waals surface area (Å²) in [5.74, 6) is -1.29. The van der Waals surface area contributed by atoms with Gasteiger partial charge in [0.1, 0.15) is 5.75 Å². The number of alkyl halides is 3. The van der Waals surface area contributed by atoms with Crippen molar-refractivity contribution in [2.24, 2.45) is 0 Å². The van der Waals surface area contributed by atoms with E-state index in [4.69, 9.17) is 4.74 Å². The second-order valence-electron chi connectivity index (χ2n) is 3.48. The van der Waals surface area contributed by atoms with Gasteiger partial charge >= 0.3 is 12.1 Å². The number of aryl methyl sites for hydroxylation is 1. The van der Waals surface area contributed by atoms with Gasteiger partial charge in [0.25, 0.3) is 0 Å². The Morgan fingerprint density at radius 2 is 2.06 bits per heavy atom. The van der Waals surface area contributed by atoms with Crippen molar-refractivity contribution in [2.75, 3.05) is 7.11 Å². The van der Waals surface area contributed by atoms with Gasteiger partial charge in [-0.2, -0.15) is 13.2 Å². The van der Waals surface area contributed by atoms with Crippen LogP contribution in [0.15, 0.2) is 18.2 Å². The molecule has 1 amide bonds. The molecule has 0 aliphatic heterocycles. The fourth-order valence-corrected chi connectivity index (χ4v) is 1.33. The molecule has 0 aromatic heterocycles. The van der Waals surface area contributed by atoms with Crippen LogP contribution in [-0.4, -0.2) is 19.2 Å². The van der Waals surface area contributed by atoms with Gasteiger partial charge < -0.3 is 10.1 Å². The van der Waals surface area contributed by atoms with Crippen LogP contribution in [0.5, 0.6) is 5.75 Å². The second kappa shape index (κ2) is 5.07. The molecular weight excluding hydrogens is 235 g/mol. The highest BCUT2D eigenvalue weighted by atomic mass is 19.4. The van der Waals surface area contributed by atoms with E-state index in [2.05, 4.69) is 0 Å². The number of amides is 1. The number of rotatable bonds is 3. The molecule has 1 aromatic rings. The summed E-state index contributed by atoms with van der Waals surface area (Å²) in [4.78, 5) is 10.6. The molecule has 0 aliphatic rings. The lowest BCUT2D eigenvalue weighted by Gasteiger charge is -2.10. The second-order valence-corrected chi connectivity index (χ2v) is 3.48. The van der Waals surface area contributed by atoms with Gasteiger partial charge in [-0.1, -0.05) is 12.1 Å². The molecule has 0 atom stereocenters. The van der Waals surface area contributed by atoms with E-state index in [1.807, 2.05) is 0 Å². The first kappa shape index (κ1) is 13.3. The van der Waals surface area contributed by atoms with Gasteiger partial charge in [0.05, 0.1) is 7.11 Å². The number of nitrogens with one attached hydrogen (secondary N) is 1. The van der Waals surface area contributed by atoms with Crippen molar-refractivity contribution in [1.29, 1.82) is 0 Å². The van der Waals surface area contributed by atoms with Crippen LogP contribution in [-0.2, 0) is 11.3 Å². The Morgan fingerprint density at radius 3 is 2.53 bits per heavy atom. The molecule has 0 saturated heterocycles. The molecule has 17 heavy (non-hydrogen) atoms. The Kier molecular flexibility index (Phi) is 3.98. The van der Waals surface area contributed by atoms with Gasteiger partial charge in [0, 0.05) is 6.54 Å². The van der Waals surface area contributed by atoms with Gasteiger partial charge in [-0.05, 0) is 24.1 Å². The smallest absolute Gasteiger partial charge is 0.471 e. The fraction of sp³-hybridized carbons (Fsp3) is 0.364. The van der Waals surface area contributed by atoms with Crippen LogP contribution < -0.4 is 10.1 Å². The topological polar surface area (TPSA) is 38.3 Å². The first-order chi connectivity index (χ1) is 7.84. The lowest BCUT2D eigenvalue weighted by Crippen LogP contribution is -2.36. The molecule has 0 unspecified atom stereocenters. The van der Waals surface area contributed by atoms with Crippen molar-refractivity contribution in [3.05, 3.63) is 29.3 Å². The molecule has 6 heteroatoms. The molecule has 0 radical (unpaired) electrons. The van der Waals surface area contributed by atoms with E-state index in [1.165, 1.54) is 7.11 Å². The minimum atomic E-state index is -4.85. The molecule has 94 valence electrons. The van der Waals surface area contributed by atoms with E-state index in [0.29, 0.717) is 11.3 Å². The Labute approximate surface area is 96.6 Å². The maximum Gasteiger partial charge on any atom is 0.471 e. The predicted octanol–water partition coefficient (Wildman–Crippen LogP) is 2.18. The third-order valence-corrected chi connectivity index (χ3v) is 2.17.